The van der Waals surface area contributed by atoms with Gasteiger partial charge in [0, 0.05) is 16.0 Å². The molecule has 1 aliphatic carbocycles. The molecule has 0 amide bonds. The van der Waals surface area contributed by atoms with Crippen molar-refractivity contribution in [3.63, 3.8) is 0 Å². The third kappa shape index (κ3) is 2.16. The van der Waals surface area contributed by atoms with E-state index in [1.54, 1.807) is 6.07 Å². The van der Waals surface area contributed by atoms with Crippen molar-refractivity contribution < 1.29 is 9.53 Å². The van der Waals surface area contributed by atoms with Crippen LogP contribution in [0.2, 0.25) is 10.0 Å². The largest absolute Gasteiger partial charge is 0.469 e. The molecule has 0 heterocycles. The first-order chi connectivity index (χ1) is 7.87. The van der Waals surface area contributed by atoms with Crippen LogP contribution in [0.4, 0.5) is 0 Å². The number of hydrogen-bond donors (Lipinski definition) is 0. The third-order valence-corrected chi connectivity index (χ3v) is 3.96. The molecule has 2 atom stereocenters. The quantitative estimate of drug-likeness (QED) is 0.764. The average molecular weight is 273 g/mol. The molecule has 4 heteroatoms. The molecular formula is C13H14Cl2O2. The van der Waals surface area contributed by atoms with E-state index >= 15 is 0 Å². The zero-order chi connectivity index (χ0) is 12.8. The predicted molar refractivity (Wildman–Crippen MR) is 68.5 cm³/mol. The number of carbonyl (C=O) groups excluding carboxylic acids is 1. The molecule has 0 radical (unpaired) electrons. The molecule has 1 aromatic rings. The highest BCUT2D eigenvalue weighted by molar-refractivity contribution is 6.34. The molecule has 1 fully saturated rings. The van der Waals surface area contributed by atoms with E-state index in [1.165, 1.54) is 7.11 Å². The number of hydrogen-bond acceptors (Lipinski definition) is 2. The van der Waals surface area contributed by atoms with E-state index in [9.17, 15) is 4.79 Å². The summed E-state index contributed by atoms with van der Waals surface area (Å²) in [6.45, 7) is 4.10. The third-order valence-electron chi connectivity index (χ3n) is 3.53. The first-order valence-corrected chi connectivity index (χ1v) is 6.17. The first-order valence-electron chi connectivity index (χ1n) is 5.41. The van der Waals surface area contributed by atoms with Crippen molar-refractivity contribution in [3.8, 4) is 0 Å². The van der Waals surface area contributed by atoms with E-state index in [0.717, 1.165) is 5.56 Å². The van der Waals surface area contributed by atoms with E-state index in [0.29, 0.717) is 10.0 Å². The van der Waals surface area contributed by atoms with Gasteiger partial charge >= 0.3 is 5.97 Å². The van der Waals surface area contributed by atoms with Gasteiger partial charge in [-0.3, -0.25) is 4.79 Å². The number of methoxy groups -OCH3 is 1. The van der Waals surface area contributed by atoms with Gasteiger partial charge in [0.2, 0.25) is 0 Å². The van der Waals surface area contributed by atoms with Crippen LogP contribution in [0.15, 0.2) is 18.2 Å². The van der Waals surface area contributed by atoms with Crippen LogP contribution in [0, 0.1) is 11.3 Å². The van der Waals surface area contributed by atoms with Crippen molar-refractivity contribution in [1.82, 2.24) is 0 Å². The van der Waals surface area contributed by atoms with Crippen molar-refractivity contribution in [3.05, 3.63) is 33.8 Å². The van der Waals surface area contributed by atoms with Gasteiger partial charge in [0.1, 0.15) is 0 Å². The molecular weight excluding hydrogens is 259 g/mol. The molecule has 92 valence electrons. The molecule has 2 rings (SSSR count). The summed E-state index contributed by atoms with van der Waals surface area (Å²) in [7, 11) is 1.42. The summed E-state index contributed by atoms with van der Waals surface area (Å²) in [6, 6.07) is 5.42. The van der Waals surface area contributed by atoms with Gasteiger partial charge in [-0.15, -0.1) is 0 Å². The van der Waals surface area contributed by atoms with Gasteiger partial charge in [-0.1, -0.05) is 37.0 Å². The lowest BCUT2D eigenvalue weighted by Crippen LogP contribution is -2.07. The Bertz CT molecular complexity index is 448. The fourth-order valence-electron chi connectivity index (χ4n) is 2.58. The van der Waals surface area contributed by atoms with E-state index in [4.69, 9.17) is 27.9 Å². The van der Waals surface area contributed by atoms with Crippen LogP contribution in [-0.2, 0) is 9.53 Å². The lowest BCUT2D eigenvalue weighted by Gasteiger charge is -2.04. The second-order valence-electron chi connectivity index (χ2n) is 5.00. The average Bonchev–Trinajstić information content (AvgIpc) is 2.79. The minimum absolute atomic E-state index is 0.0961. The minimum atomic E-state index is -0.170. The Labute approximate surface area is 111 Å². The smallest absolute Gasteiger partial charge is 0.309 e. The predicted octanol–water partition coefficient (Wildman–Crippen LogP) is 3.91. The second kappa shape index (κ2) is 4.18. The Kier molecular flexibility index (Phi) is 3.13. The summed E-state index contributed by atoms with van der Waals surface area (Å²) >= 11 is 12.0. The molecule has 2 nitrogen and oxygen atoms in total. The number of ether oxygens (including phenoxy) is 1. The number of rotatable bonds is 2. The standard InChI is InChI=1S/C13H14Cl2O2/c1-13(2)10(11(13)12(16)17-3)7-4-8(14)6-9(15)5-7/h4-6,10-11H,1-3H3/t10?,11-/m0/s1. The highest BCUT2D eigenvalue weighted by Gasteiger charge is 2.63. The maximum atomic E-state index is 11.7. The summed E-state index contributed by atoms with van der Waals surface area (Å²) in [5.41, 5.74) is 0.907. The molecule has 0 aliphatic heterocycles. The maximum Gasteiger partial charge on any atom is 0.309 e. The van der Waals surface area contributed by atoms with E-state index in [2.05, 4.69) is 0 Å². The van der Waals surface area contributed by atoms with Crippen LogP contribution in [-0.4, -0.2) is 13.1 Å². The Morgan fingerprint density at radius 2 is 1.76 bits per heavy atom. The number of esters is 1. The molecule has 17 heavy (non-hydrogen) atoms. The monoisotopic (exact) mass is 272 g/mol. The summed E-state index contributed by atoms with van der Waals surface area (Å²) in [6.07, 6.45) is 0. The molecule has 0 spiro atoms. The molecule has 1 aromatic carbocycles. The Morgan fingerprint density at radius 1 is 1.24 bits per heavy atom. The fraction of sp³-hybridized carbons (Fsp3) is 0.462. The summed E-state index contributed by atoms with van der Waals surface area (Å²) in [5, 5.41) is 1.19. The van der Waals surface area contributed by atoms with Crippen LogP contribution in [0.1, 0.15) is 25.3 Å². The maximum absolute atomic E-state index is 11.7. The van der Waals surface area contributed by atoms with Crippen LogP contribution in [0.5, 0.6) is 0 Å². The molecule has 0 saturated heterocycles. The molecule has 1 saturated carbocycles. The molecule has 0 bridgehead atoms. The highest BCUT2D eigenvalue weighted by atomic mass is 35.5. The van der Waals surface area contributed by atoms with Crippen LogP contribution in [0.3, 0.4) is 0 Å². The molecule has 0 aromatic heterocycles. The van der Waals surface area contributed by atoms with E-state index < -0.39 is 0 Å². The van der Waals surface area contributed by atoms with Crippen molar-refractivity contribution in [2.45, 2.75) is 19.8 Å². The Hall–Kier alpha value is -0.730. The molecule has 1 aliphatic rings. The molecule has 1 unspecified atom stereocenters. The van der Waals surface area contributed by atoms with Gasteiger partial charge < -0.3 is 4.74 Å². The van der Waals surface area contributed by atoms with E-state index in [-0.39, 0.29) is 23.2 Å². The molecule has 0 N–H and O–H groups in total. The van der Waals surface area contributed by atoms with Crippen molar-refractivity contribution in [2.75, 3.05) is 7.11 Å². The number of halogens is 2. The van der Waals surface area contributed by atoms with Crippen molar-refractivity contribution in [2.24, 2.45) is 11.3 Å². The summed E-state index contributed by atoms with van der Waals surface area (Å²) in [5.74, 6) is -0.149. The lowest BCUT2D eigenvalue weighted by molar-refractivity contribution is -0.143. The van der Waals surface area contributed by atoms with Crippen LogP contribution in [0.25, 0.3) is 0 Å². The SMILES string of the molecule is COC(=O)[C@@H]1C(c2cc(Cl)cc(Cl)c2)C1(C)C. The zero-order valence-electron chi connectivity index (χ0n) is 9.96. The van der Waals surface area contributed by atoms with Gasteiger partial charge in [0.25, 0.3) is 0 Å². The fourth-order valence-corrected chi connectivity index (χ4v) is 3.12. The highest BCUT2D eigenvalue weighted by Crippen LogP contribution is 2.65. The van der Waals surface area contributed by atoms with Gasteiger partial charge in [0.05, 0.1) is 13.0 Å². The van der Waals surface area contributed by atoms with Gasteiger partial charge in [0.15, 0.2) is 0 Å². The topological polar surface area (TPSA) is 26.3 Å². The Balaban J connectivity index is 2.33. The first kappa shape index (κ1) is 12.7. The van der Waals surface area contributed by atoms with Crippen LogP contribution < -0.4 is 0 Å². The summed E-state index contributed by atoms with van der Waals surface area (Å²) < 4.78 is 4.82. The zero-order valence-corrected chi connectivity index (χ0v) is 11.5. The van der Waals surface area contributed by atoms with Crippen LogP contribution >= 0.6 is 23.2 Å². The van der Waals surface area contributed by atoms with Crippen molar-refractivity contribution >= 4 is 29.2 Å². The second-order valence-corrected chi connectivity index (χ2v) is 5.88. The van der Waals surface area contributed by atoms with Gasteiger partial charge in [-0.25, -0.2) is 0 Å². The summed E-state index contributed by atoms with van der Waals surface area (Å²) in [4.78, 5) is 11.7. The number of benzene rings is 1. The van der Waals surface area contributed by atoms with Gasteiger partial charge in [-0.05, 0) is 29.2 Å². The number of carbonyl (C=O) groups is 1. The van der Waals surface area contributed by atoms with Gasteiger partial charge in [-0.2, -0.15) is 0 Å². The Morgan fingerprint density at radius 3 is 2.24 bits per heavy atom. The normalized spacial score (nSPS) is 25.5. The lowest BCUT2D eigenvalue weighted by atomic mass is 10.0. The van der Waals surface area contributed by atoms with Crippen molar-refractivity contribution in [1.29, 1.82) is 0 Å². The van der Waals surface area contributed by atoms with E-state index in [1.807, 2.05) is 26.0 Å². The minimum Gasteiger partial charge on any atom is -0.469 e.